The van der Waals surface area contributed by atoms with E-state index in [0.717, 1.165) is 28.8 Å². The molecule has 0 atom stereocenters. The summed E-state index contributed by atoms with van der Waals surface area (Å²) in [6, 6.07) is 0. The zero-order valence-electron chi connectivity index (χ0n) is 11.0. The molecule has 0 fully saturated rings. The third kappa shape index (κ3) is 3.92. The highest BCUT2D eigenvalue weighted by atomic mass is 79.9. The molecule has 17 heavy (non-hydrogen) atoms. The number of halogens is 1. The Hall–Kier alpha value is -0.680. The van der Waals surface area contributed by atoms with Gasteiger partial charge in [-0.25, -0.2) is 0 Å². The second-order valence-electron chi connectivity index (χ2n) is 4.45. The summed E-state index contributed by atoms with van der Waals surface area (Å²) in [5.41, 5.74) is 1.99. The van der Waals surface area contributed by atoms with E-state index in [0.29, 0.717) is 12.8 Å². The standard InChI is InChI=1S/C12H20BrN3O/c1-5-10-12(13)11(16(4)14-10)8-9(17)6-7-15(2)3/h5-8H2,1-4H3. The molecule has 0 saturated carbocycles. The van der Waals surface area contributed by atoms with Crippen LogP contribution in [0.15, 0.2) is 4.47 Å². The summed E-state index contributed by atoms with van der Waals surface area (Å²) < 4.78 is 2.79. The number of hydrogen-bond acceptors (Lipinski definition) is 3. The van der Waals surface area contributed by atoms with Crippen LogP contribution in [0.5, 0.6) is 0 Å². The van der Waals surface area contributed by atoms with Crippen molar-refractivity contribution in [3.05, 3.63) is 15.9 Å². The molecule has 0 unspecified atom stereocenters. The summed E-state index contributed by atoms with van der Waals surface area (Å²) in [5, 5.41) is 4.38. The zero-order chi connectivity index (χ0) is 13.0. The lowest BCUT2D eigenvalue weighted by molar-refractivity contribution is -0.118. The monoisotopic (exact) mass is 301 g/mol. The molecular formula is C12H20BrN3O. The number of aryl methyl sites for hydroxylation is 2. The predicted octanol–water partition coefficient (Wildman–Crippen LogP) is 1.81. The maximum Gasteiger partial charge on any atom is 0.140 e. The Morgan fingerprint density at radius 2 is 2.12 bits per heavy atom. The predicted molar refractivity (Wildman–Crippen MR) is 72.2 cm³/mol. The van der Waals surface area contributed by atoms with Gasteiger partial charge >= 0.3 is 0 Å². The van der Waals surface area contributed by atoms with Gasteiger partial charge in [0.25, 0.3) is 0 Å². The molecule has 0 bridgehead atoms. The second kappa shape index (κ2) is 6.31. The van der Waals surface area contributed by atoms with Gasteiger partial charge in [0.1, 0.15) is 5.78 Å². The van der Waals surface area contributed by atoms with Crippen LogP contribution >= 0.6 is 15.9 Å². The van der Waals surface area contributed by atoms with E-state index in [1.807, 2.05) is 26.0 Å². The average molecular weight is 302 g/mol. The number of carbonyl (C=O) groups is 1. The Morgan fingerprint density at radius 1 is 1.47 bits per heavy atom. The lowest BCUT2D eigenvalue weighted by Crippen LogP contribution is -2.18. The maximum absolute atomic E-state index is 11.8. The van der Waals surface area contributed by atoms with Crippen LogP contribution in [0.25, 0.3) is 0 Å². The van der Waals surface area contributed by atoms with E-state index in [1.165, 1.54) is 0 Å². The minimum atomic E-state index is 0.255. The van der Waals surface area contributed by atoms with Crippen LogP contribution in [0.1, 0.15) is 24.7 Å². The van der Waals surface area contributed by atoms with Gasteiger partial charge in [-0.15, -0.1) is 0 Å². The molecule has 0 aliphatic carbocycles. The first-order valence-electron chi connectivity index (χ1n) is 5.82. The molecule has 96 valence electrons. The van der Waals surface area contributed by atoms with Gasteiger partial charge in [-0.05, 0) is 36.4 Å². The lowest BCUT2D eigenvalue weighted by atomic mass is 10.1. The SMILES string of the molecule is CCc1nn(C)c(CC(=O)CCN(C)C)c1Br. The minimum absolute atomic E-state index is 0.255. The molecule has 0 aromatic carbocycles. The first-order valence-corrected chi connectivity index (χ1v) is 6.61. The Kier molecular flexibility index (Phi) is 5.33. The third-order valence-electron chi connectivity index (χ3n) is 2.71. The van der Waals surface area contributed by atoms with E-state index in [9.17, 15) is 4.79 Å². The van der Waals surface area contributed by atoms with Gasteiger partial charge in [0.05, 0.1) is 15.9 Å². The molecule has 0 N–H and O–H groups in total. The number of nitrogens with zero attached hydrogens (tertiary/aromatic N) is 3. The van der Waals surface area contributed by atoms with E-state index in [1.54, 1.807) is 4.68 Å². The van der Waals surface area contributed by atoms with Crippen LogP contribution in [0.3, 0.4) is 0 Å². The highest BCUT2D eigenvalue weighted by molar-refractivity contribution is 9.10. The molecule has 1 rings (SSSR count). The van der Waals surface area contributed by atoms with Crippen molar-refractivity contribution in [2.75, 3.05) is 20.6 Å². The van der Waals surface area contributed by atoms with Crippen LogP contribution in [0.4, 0.5) is 0 Å². The number of Topliss-reactive ketones (excluding diaryl/α,β-unsaturated/α-hetero) is 1. The minimum Gasteiger partial charge on any atom is -0.309 e. The van der Waals surface area contributed by atoms with Crippen molar-refractivity contribution in [2.24, 2.45) is 7.05 Å². The smallest absolute Gasteiger partial charge is 0.140 e. The number of hydrogen-bond donors (Lipinski definition) is 0. The van der Waals surface area contributed by atoms with Gasteiger partial charge in [-0.1, -0.05) is 6.92 Å². The maximum atomic E-state index is 11.8. The Balaban J connectivity index is 2.68. The molecule has 4 nitrogen and oxygen atoms in total. The summed E-state index contributed by atoms with van der Waals surface area (Å²) >= 11 is 3.52. The summed E-state index contributed by atoms with van der Waals surface area (Å²) in [7, 11) is 5.84. The van der Waals surface area contributed by atoms with Gasteiger partial charge in [-0.3, -0.25) is 9.48 Å². The summed E-state index contributed by atoms with van der Waals surface area (Å²) in [6.07, 6.45) is 1.92. The van der Waals surface area contributed by atoms with E-state index < -0.39 is 0 Å². The van der Waals surface area contributed by atoms with Gasteiger partial charge in [0.15, 0.2) is 0 Å². The van der Waals surface area contributed by atoms with Gasteiger partial charge in [-0.2, -0.15) is 5.10 Å². The number of aromatic nitrogens is 2. The summed E-state index contributed by atoms with van der Waals surface area (Å²) in [5.74, 6) is 0.255. The number of rotatable bonds is 6. The quantitative estimate of drug-likeness (QED) is 0.804. The molecule has 1 aromatic rings. The molecule has 0 aliphatic rings. The third-order valence-corrected chi connectivity index (χ3v) is 3.62. The van der Waals surface area contributed by atoms with Crippen molar-refractivity contribution in [2.45, 2.75) is 26.2 Å². The molecule has 0 amide bonds. The molecule has 0 radical (unpaired) electrons. The Labute approximate surface area is 111 Å². The topological polar surface area (TPSA) is 38.1 Å². The second-order valence-corrected chi connectivity index (χ2v) is 5.25. The largest absolute Gasteiger partial charge is 0.309 e. The van der Waals surface area contributed by atoms with Crippen LogP contribution in [-0.4, -0.2) is 41.1 Å². The van der Waals surface area contributed by atoms with Crippen molar-refractivity contribution in [3.63, 3.8) is 0 Å². The molecule has 0 saturated heterocycles. The number of carbonyl (C=O) groups excluding carboxylic acids is 1. The highest BCUT2D eigenvalue weighted by Gasteiger charge is 2.15. The fourth-order valence-electron chi connectivity index (χ4n) is 1.64. The molecule has 5 heteroatoms. The molecular weight excluding hydrogens is 282 g/mol. The highest BCUT2D eigenvalue weighted by Crippen LogP contribution is 2.22. The van der Waals surface area contributed by atoms with E-state index in [2.05, 4.69) is 28.0 Å². The first-order chi connectivity index (χ1) is 7.95. The van der Waals surface area contributed by atoms with Crippen molar-refractivity contribution in [1.29, 1.82) is 0 Å². The number of ketones is 1. The molecule has 1 aromatic heterocycles. The average Bonchev–Trinajstić information content (AvgIpc) is 2.53. The normalized spacial score (nSPS) is 11.2. The van der Waals surface area contributed by atoms with Crippen LogP contribution in [0, 0.1) is 0 Å². The fraction of sp³-hybridized carbons (Fsp3) is 0.667. The molecule has 0 aliphatic heterocycles. The van der Waals surface area contributed by atoms with Crippen molar-refractivity contribution in [3.8, 4) is 0 Å². The lowest BCUT2D eigenvalue weighted by Gasteiger charge is -2.08. The van der Waals surface area contributed by atoms with Crippen LogP contribution < -0.4 is 0 Å². The fourth-order valence-corrected chi connectivity index (χ4v) is 2.39. The van der Waals surface area contributed by atoms with E-state index >= 15 is 0 Å². The van der Waals surface area contributed by atoms with Crippen LogP contribution in [0.2, 0.25) is 0 Å². The molecule has 0 spiro atoms. The van der Waals surface area contributed by atoms with Crippen molar-refractivity contribution < 1.29 is 4.79 Å². The Bertz CT molecular complexity index is 399. The summed E-state index contributed by atoms with van der Waals surface area (Å²) in [6.45, 7) is 2.86. The van der Waals surface area contributed by atoms with Gasteiger partial charge < -0.3 is 4.90 Å². The van der Waals surface area contributed by atoms with Crippen molar-refractivity contribution >= 4 is 21.7 Å². The zero-order valence-corrected chi connectivity index (χ0v) is 12.5. The summed E-state index contributed by atoms with van der Waals surface area (Å²) in [4.78, 5) is 13.9. The van der Waals surface area contributed by atoms with Crippen LogP contribution in [-0.2, 0) is 24.7 Å². The van der Waals surface area contributed by atoms with Crippen molar-refractivity contribution in [1.82, 2.24) is 14.7 Å². The van der Waals surface area contributed by atoms with Gasteiger partial charge in [0, 0.05) is 26.4 Å². The molecule has 1 heterocycles. The van der Waals surface area contributed by atoms with Gasteiger partial charge in [0.2, 0.25) is 0 Å². The Morgan fingerprint density at radius 3 is 2.59 bits per heavy atom. The van der Waals surface area contributed by atoms with E-state index in [-0.39, 0.29) is 5.78 Å². The van der Waals surface area contributed by atoms with E-state index in [4.69, 9.17) is 0 Å². The first kappa shape index (κ1) is 14.4.